The molecular weight excluding hydrogens is 280 g/mol. The molecule has 0 saturated heterocycles. The normalized spacial score (nSPS) is 12.1. The molecule has 0 fully saturated rings. The highest BCUT2D eigenvalue weighted by Crippen LogP contribution is 2.35. The SMILES string of the molecule is COCc1nc(F)c(C(F)(F)F)c2[nH]c(C)cc(=O)c12. The van der Waals surface area contributed by atoms with Gasteiger partial charge in [-0.2, -0.15) is 17.6 Å². The number of methoxy groups -OCH3 is 1. The molecule has 0 atom stereocenters. The molecule has 0 spiro atoms. The van der Waals surface area contributed by atoms with Crippen LogP contribution >= 0.6 is 0 Å². The van der Waals surface area contributed by atoms with Crippen LogP contribution in [0.25, 0.3) is 10.9 Å². The zero-order chi connectivity index (χ0) is 15.1. The van der Waals surface area contributed by atoms with Gasteiger partial charge in [0.25, 0.3) is 0 Å². The molecule has 0 aromatic carbocycles. The van der Waals surface area contributed by atoms with Gasteiger partial charge in [-0.3, -0.25) is 4.79 Å². The van der Waals surface area contributed by atoms with Crippen LogP contribution in [-0.4, -0.2) is 17.1 Å². The predicted molar refractivity (Wildman–Crippen MR) is 62.8 cm³/mol. The van der Waals surface area contributed by atoms with E-state index < -0.39 is 28.6 Å². The summed E-state index contributed by atoms with van der Waals surface area (Å²) in [6.45, 7) is 1.15. The molecule has 1 N–H and O–H groups in total. The van der Waals surface area contributed by atoms with Crippen molar-refractivity contribution in [1.29, 1.82) is 0 Å². The maximum Gasteiger partial charge on any atom is 0.422 e. The molecule has 0 radical (unpaired) electrons. The first-order chi connectivity index (χ1) is 9.25. The van der Waals surface area contributed by atoms with Crippen molar-refractivity contribution in [2.24, 2.45) is 0 Å². The Kier molecular flexibility index (Phi) is 3.51. The van der Waals surface area contributed by atoms with Crippen LogP contribution in [0, 0.1) is 12.9 Å². The highest BCUT2D eigenvalue weighted by atomic mass is 19.4. The van der Waals surface area contributed by atoms with Crippen molar-refractivity contribution in [1.82, 2.24) is 9.97 Å². The standard InChI is InChI=1S/C12H10F4N2O2/c1-5-3-7(19)8-6(4-20-2)18-11(13)9(10(8)17-5)12(14,15)16/h3H,4H2,1-2H3,(H,17,19). The Labute approximate surface area is 110 Å². The van der Waals surface area contributed by atoms with Crippen LogP contribution in [-0.2, 0) is 17.5 Å². The number of nitrogens with one attached hydrogen (secondary N) is 1. The lowest BCUT2D eigenvalue weighted by Crippen LogP contribution is -2.17. The Bertz CT molecular complexity index is 722. The summed E-state index contributed by atoms with van der Waals surface area (Å²) in [5, 5.41) is -0.314. The third-order valence-corrected chi connectivity index (χ3v) is 2.71. The van der Waals surface area contributed by atoms with E-state index in [2.05, 4.69) is 9.97 Å². The molecule has 108 valence electrons. The summed E-state index contributed by atoms with van der Waals surface area (Å²) < 4.78 is 57.2. The summed E-state index contributed by atoms with van der Waals surface area (Å²) in [7, 11) is 1.27. The highest BCUT2D eigenvalue weighted by Gasteiger charge is 2.38. The van der Waals surface area contributed by atoms with Crippen LogP contribution in [0.2, 0.25) is 0 Å². The van der Waals surface area contributed by atoms with Crippen molar-refractivity contribution in [3.8, 4) is 0 Å². The van der Waals surface area contributed by atoms with Crippen molar-refractivity contribution < 1.29 is 22.3 Å². The molecule has 2 aromatic rings. The topological polar surface area (TPSA) is 55.0 Å². The van der Waals surface area contributed by atoms with Gasteiger partial charge in [0.05, 0.1) is 23.2 Å². The quantitative estimate of drug-likeness (QED) is 0.683. The third-order valence-electron chi connectivity index (χ3n) is 2.71. The van der Waals surface area contributed by atoms with Gasteiger partial charge >= 0.3 is 6.18 Å². The Morgan fingerprint density at radius 2 is 2.05 bits per heavy atom. The number of aryl methyl sites for hydroxylation is 1. The summed E-state index contributed by atoms with van der Waals surface area (Å²) >= 11 is 0. The van der Waals surface area contributed by atoms with E-state index in [4.69, 9.17) is 4.74 Å². The number of H-pyrrole nitrogens is 1. The number of aromatic amines is 1. The lowest BCUT2D eigenvalue weighted by molar-refractivity contribution is -0.139. The van der Waals surface area contributed by atoms with Gasteiger partial charge in [0.1, 0.15) is 5.56 Å². The highest BCUT2D eigenvalue weighted by molar-refractivity contribution is 5.84. The van der Waals surface area contributed by atoms with Crippen molar-refractivity contribution in [3.63, 3.8) is 0 Å². The van der Waals surface area contributed by atoms with Gasteiger partial charge in [-0.25, -0.2) is 4.98 Å². The minimum atomic E-state index is -4.96. The van der Waals surface area contributed by atoms with Gasteiger partial charge in [-0.05, 0) is 6.92 Å². The summed E-state index contributed by atoms with van der Waals surface area (Å²) in [6, 6.07) is 1.13. The fourth-order valence-electron chi connectivity index (χ4n) is 2.00. The van der Waals surface area contributed by atoms with E-state index in [1.54, 1.807) is 0 Å². The summed E-state index contributed by atoms with van der Waals surface area (Å²) in [4.78, 5) is 17.5. The molecule has 8 heteroatoms. The Balaban J connectivity index is 3.00. The summed E-state index contributed by atoms with van der Waals surface area (Å²) in [6.07, 6.45) is -4.96. The number of pyridine rings is 2. The Morgan fingerprint density at radius 1 is 1.40 bits per heavy atom. The molecule has 2 rings (SSSR count). The average Bonchev–Trinajstić information content (AvgIpc) is 2.25. The molecule has 2 aromatic heterocycles. The average molecular weight is 290 g/mol. The van der Waals surface area contributed by atoms with E-state index in [-0.39, 0.29) is 23.4 Å². The molecule has 20 heavy (non-hydrogen) atoms. The lowest BCUT2D eigenvalue weighted by Gasteiger charge is -2.13. The molecule has 0 aliphatic rings. The lowest BCUT2D eigenvalue weighted by atomic mass is 10.1. The van der Waals surface area contributed by atoms with E-state index in [0.29, 0.717) is 0 Å². The number of ether oxygens (including phenoxy) is 1. The number of hydrogen-bond acceptors (Lipinski definition) is 3. The van der Waals surface area contributed by atoms with Crippen LogP contribution < -0.4 is 5.43 Å². The van der Waals surface area contributed by atoms with Crippen molar-refractivity contribution in [2.45, 2.75) is 19.7 Å². The maximum absolute atomic E-state index is 13.7. The molecule has 0 saturated carbocycles. The van der Waals surface area contributed by atoms with Gasteiger partial charge in [0.2, 0.25) is 5.95 Å². The number of nitrogens with zero attached hydrogens (tertiary/aromatic N) is 1. The second-order valence-corrected chi connectivity index (χ2v) is 4.22. The van der Waals surface area contributed by atoms with E-state index in [0.717, 1.165) is 6.07 Å². The van der Waals surface area contributed by atoms with Crippen LogP contribution in [0.4, 0.5) is 17.6 Å². The zero-order valence-electron chi connectivity index (χ0n) is 10.6. The van der Waals surface area contributed by atoms with Gasteiger partial charge in [-0.1, -0.05) is 0 Å². The van der Waals surface area contributed by atoms with Crippen LogP contribution in [0.15, 0.2) is 10.9 Å². The van der Waals surface area contributed by atoms with Gasteiger partial charge in [-0.15, -0.1) is 0 Å². The van der Waals surface area contributed by atoms with Crippen LogP contribution in [0.3, 0.4) is 0 Å². The smallest absolute Gasteiger partial charge is 0.378 e. The molecule has 0 aliphatic carbocycles. The fourth-order valence-corrected chi connectivity index (χ4v) is 2.00. The predicted octanol–water partition coefficient (Wildman–Crippen LogP) is 2.54. The Morgan fingerprint density at radius 3 is 2.60 bits per heavy atom. The number of fused-ring (bicyclic) bond motifs is 1. The largest absolute Gasteiger partial charge is 0.422 e. The number of halogens is 4. The van der Waals surface area contributed by atoms with Crippen LogP contribution in [0.1, 0.15) is 17.0 Å². The minimum Gasteiger partial charge on any atom is -0.378 e. The zero-order valence-corrected chi connectivity index (χ0v) is 10.6. The number of hydrogen-bond donors (Lipinski definition) is 1. The first-order valence-corrected chi connectivity index (χ1v) is 5.54. The maximum atomic E-state index is 13.7. The third kappa shape index (κ3) is 2.38. The first kappa shape index (κ1) is 14.4. The molecule has 4 nitrogen and oxygen atoms in total. The molecule has 0 aliphatic heterocycles. The second-order valence-electron chi connectivity index (χ2n) is 4.22. The van der Waals surface area contributed by atoms with Crippen LogP contribution in [0.5, 0.6) is 0 Å². The molecule has 0 amide bonds. The molecular formula is C12H10F4N2O2. The number of aromatic nitrogens is 2. The second kappa shape index (κ2) is 4.86. The van der Waals surface area contributed by atoms with Gasteiger partial charge in [0.15, 0.2) is 5.43 Å². The fraction of sp³-hybridized carbons (Fsp3) is 0.333. The summed E-state index contributed by atoms with van der Waals surface area (Å²) in [5.41, 5.74) is -2.83. The van der Waals surface area contributed by atoms with E-state index in [1.165, 1.54) is 14.0 Å². The van der Waals surface area contributed by atoms with Crippen molar-refractivity contribution in [2.75, 3.05) is 7.11 Å². The van der Waals surface area contributed by atoms with E-state index in [9.17, 15) is 22.4 Å². The van der Waals surface area contributed by atoms with Gasteiger partial charge in [0, 0.05) is 18.9 Å². The van der Waals surface area contributed by atoms with Crippen molar-refractivity contribution >= 4 is 10.9 Å². The number of alkyl halides is 3. The Hall–Kier alpha value is -1.96. The molecule has 0 unspecified atom stereocenters. The molecule has 2 heterocycles. The number of rotatable bonds is 2. The molecule has 0 bridgehead atoms. The summed E-state index contributed by atoms with van der Waals surface area (Å²) in [5.74, 6) is -1.68. The van der Waals surface area contributed by atoms with E-state index >= 15 is 0 Å². The minimum absolute atomic E-state index is 0.172. The monoisotopic (exact) mass is 290 g/mol. The first-order valence-electron chi connectivity index (χ1n) is 5.54. The van der Waals surface area contributed by atoms with Gasteiger partial charge < -0.3 is 9.72 Å². The van der Waals surface area contributed by atoms with E-state index in [1.807, 2.05) is 0 Å². The van der Waals surface area contributed by atoms with Crippen molar-refractivity contribution in [3.05, 3.63) is 39.2 Å².